The molecule has 0 saturated heterocycles. The summed E-state index contributed by atoms with van der Waals surface area (Å²) in [6, 6.07) is 0. The normalized spacial score (nSPS) is 18.7. The van der Waals surface area contributed by atoms with E-state index in [1.807, 2.05) is 0 Å². The summed E-state index contributed by atoms with van der Waals surface area (Å²) in [5, 5.41) is 0.516. The van der Waals surface area contributed by atoms with Crippen LogP contribution in [0, 0.1) is 0 Å². The summed E-state index contributed by atoms with van der Waals surface area (Å²) in [7, 11) is -3.11. The van der Waals surface area contributed by atoms with E-state index in [4.69, 9.17) is 0 Å². The lowest BCUT2D eigenvalue weighted by molar-refractivity contribution is 0.599. The summed E-state index contributed by atoms with van der Waals surface area (Å²) in [6.07, 6.45) is 1.12. The molecule has 0 unspecified atom stereocenters. The van der Waals surface area contributed by atoms with Gasteiger partial charge in [-0.1, -0.05) is 11.8 Å². The Bertz CT molecular complexity index is 244. The van der Waals surface area contributed by atoms with Crippen molar-refractivity contribution < 1.29 is 8.42 Å². The van der Waals surface area contributed by atoms with Gasteiger partial charge < -0.3 is 0 Å². The summed E-state index contributed by atoms with van der Waals surface area (Å²) in [5.74, 6) is 0.873. The highest BCUT2D eigenvalue weighted by atomic mass is 32.2. The van der Waals surface area contributed by atoms with Crippen LogP contribution in [-0.4, -0.2) is 32.1 Å². The molecule has 1 N–H and O–H groups in total. The lowest BCUT2D eigenvalue weighted by Crippen LogP contribution is -2.25. The van der Waals surface area contributed by atoms with Crippen molar-refractivity contribution >= 4 is 27.0 Å². The van der Waals surface area contributed by atoms with Crippen LogP contribution in [0.3, 0.4) is 0 Å². The third-order valence-electron chi connectivity index (χ3n) is 0.858. The van der Waals surface area contributed by atoms with Crippen LogP contribution in [0.2, 0.25) is 0 Å². The topological polar surface area (TPSA) is 58.5 Å². The molecule has 1 aliphatic heterocycles. The molecule has 0 aromatic heterocycles. The van der Waals surface area contributed by atoms with Gasteiger partial charge in [0.2, 0.25) is 10.0 Å². The van der Waals surface area contributed by atoms with E-state index in [0.29, 0.717) is 11.7 Å². The Hall–Kier alpha value is -0.230. The first-order valence-electron chi connectivity index (χ1n) is 2.73. The molecule has 0 saturated carbocycles. The highest BCUT2D eigenvalue weighted by Gasteiger charge is 2.10. The molecule has 0 aliphatic carbocycles. The number of sulfonamides is 1. The maximum Gasteiger partial charge on any atom is 0.231 e. The second-order valence-corrected chi connectivity index (χ2v) is 4.74. The first kappa shape index (κ1) is 7.87. The zero-order chi connectivity index (χ0) is 7.61. The summed E-state index contributed by atoms with van der Waals surface area (Å²) >= 11 is 1.43. The van der Waals surface area contributed by atoms with Crippen LogP contribution in [0.1, 0.15) is 0 Å². The molecule has 10 heavy (non-hydrogen) atoms. The molecule has 1 aliphatic rings. The fourth-order valence-corrected chi connectivity index (χ4v) is 2.19. The Labute approximate surface area is 64.2 Å². The highest BCUT2D eigenvalue weighted by molar-refractivity contribution is 8.15. The van der Waals surface area contributed by atoms with E-state index in [0.717, 1.165) is 12.0 Å². The van der Waals surface area contributed by atoms with Gasteiger partial charge in [-0.3, -0.25) is 9.71 Å². The Morgan fingerprint density at radius 1 is 1.70 bits per heavy atom. The molecule has 0 aromatic rings. The maximum absolute atomic E-state index is 10.6. The van der Waals surface area contributed by atoms with Crippen molar-refractivity contribution in [3.8, 4) is 0 Å². The lowest BCUT2D eigenvalue weighted by Gasteiger charge is -1.99. The Morgan fingerprint density at radius 3 is 2.80 bits per heavy atom. The second kappa shape index (κ2) is 2.79. The van der Waals surface area contributed by atoms with Crippen LogP contribution < -0.4 is 4.72 Å². The smallest absolute Gasteiger partial charge is 0.231 e. The number of nitrogens with one attached hydrogen (secondary N) is 1. The summed E-state index contributed by atoms with van der Waals surface area (Å²) in [6.45, 7) is 0.711. The Balaban J connectivity index is 2.54. The quantitative estimate of drug-likeness (QED) is 0.599. The van der Waals surface area contributed by atoms with E-state index in [2.05, 4.69) is 9.71 Å². The van der Waals surface area contributed by atoms with Crippen LogP contribution in [0.5, 0.6) is 0 Å². The van der Waals surface area contributed by atoms with Gasteiger partial charge in [-0.05, 0) is 0 Å². The number of hydrogen-bond acceptors (Lipinski definition) is 4. The van der Waals surface area contributed by atoms with Crippen LogP contribution in [-0.2, 0) is 10.0 Å². The fraction of sp³-hybridized carbons (Fsp3) is 0.750. The van der Waals surface area contributed by atoms with E-state index in [1.165, 1.54) is 11.8 Å². The first-order chi connectivity index (χ1) is 4.58. The first-order valence-corrected chi connectivity index (χ1v) is 5.61. The van der Waals surface area contributed by atoms with Crippen molar-refractivity contribution in [2.75, 3.05) is 18.6 Å². The monoisotopic (exact) mass is 180 g/mol. The lowest BCUT2D eigenvalue weighted by atomic mass is 10.8. The van der Waals surface area contributed by atoms with Crippen LogP contribution in [0.25, 0.3) is 0 Å². The number of nitrogens with zero attached hydrogens (tertiary/aromatic N) is 1. The van der Waals surface area contributed by atoms with Gasteiger partial charge in [0.15, 0.2) is 5.17 Å². The maximum atomic E-state index is 10.6. The van der Waals surface area contributed by atoms with Gasteiger partial charge in [0, 0.05) is 5.75 Å². The zero-order valence-corrected chi connectivity index (χ0v) is 7.13. The average molecular weight is 180 g/mol. The highest BCUT2D eigenvalue weighted by Crippen LogP contribution is 2.09. The van der Waals surface area contributed by atoms with Crippen LogP contribution in [0.4, 0.5) is 0 Å². The summed E-state index contributed by atoms with van der Waals surface area (Å²) < 4.78 is 23.5. The molecule has 1 heterocycles. The van der Waals surface area contributed by atoms with E-state index < -0.39 is 10.0 Å². The third kappa shape index (κ3) is 2.57. The molecule has 0 bridgehead atoms. The van der Waals surface area contributed by atoms with Gasteiger partial charge in [-0.25, -0.2) is 8.42 Å². The van der Waals surface area contributed by atoms with E-state index >= 15 is 0 Å². The van der Waals surface area contributed by atoms with Gasteiger partial charge in [-0.15, -0.1) is 0 Å². The number of thioether (sulfide) groups is 1. The molecular weight excluding hydrogens is 172 g/mol. The van der Waals surface area contributed by atoms with Gasteiger partial charge >= 0.3 is 0 Å². The van der Waals surface area contributed by atoms with Crippen molar-refractivity contribution in [3.05, 3.63) is 0 Å². The van der Waals surface area contributed by atoms with Gasteiger partial charge in [0.05, 0.1) is 12.8 Å². The fourth-order valence-electron chi connectivity index (χ4n) is 0.555. The van der Waals surface area contributed by atoms with Crippen molar-refractivity contribution in [2.45, 2.75) is 0 Å². The predicted molar refractivity (Wildman–Crippen MR) is 42.7 cm³/mol. The Morgan fingerprint density at radius 2 is 2.40 bits per heavy atom. The molecule has 6 heteroatoms. The SMILES string of the molecule is CS(=O)(=O)NC1=NCCS1. The summed E-state index contributed by atoms with van der Waals surface area (Å²) in [5.41, 5.74) is 0. The minimum atomic E-state index is -3.11. The van der Waals surface area contributed by atoms with Crippen molar-refractivity contribution in [3.63, 3.8) is 0 Å². The minimum absolute atomic E-state index is 0.516. The number of amidine groups is 1. The second-order valence-electron chi connectivity index (χ2n) is 1.91. The zero-order valence-electron chi connectivity index (χ0n) is 5.49. The van der Waals surface area contributed by atoms with Gasteiger partial charge in [-0.2, -0.15) is 0 Å². The largest absolute Gasteiger partial charge is 0.262 e. The van der Waals surface area contributed by atoms with Crippen molar-refractivity contribution in [1.29, 1.82) is 0 Å². The molecule has 0 spiro atoms. The number of rotatable bonds is 1. The van der Waals surface area contributed by atoms with Gasteiger partial charge in [0.1, 0.15) is 0 Å². The van der Waals surface area contributed by atoms with E-state index in [9.17, 15) is 8.42 Å². The van der Waals surface area contributed by atoms with E-state index in [-0.39, 0.29) is 0 Å². The molecule has 0 aromatic carbocycles. The third-order valence-corrected chi connectivity index (χ3v) is 2.44. The van der Waals surface area contributed by atoms with Gasteiger partial charge in [0.25, 0.3) is 0 Å². The minimum Gasteiger partial charge on any atom is -0.262 e. The Kier molecular flexibility index (Phi) is 2.20. The van der Waals surface area contributed by atoms with E-state index in [1.54, 1.807) is 0 Å². The average Bonchev–Trinajstić information content (AvgIpc) is 2.12. The molecule has 0 atom stereocenters. The van der Waals surface area contributed by atoms with Crippen LogP contribution in [0.15, 0.2) is 4.99 Å². The molecule has 0 radical (unpaired) electrons. The molecule has 1 rings (SSSR count). The summed E-state index contributed by atoms with van der Waals surface area (Å²) in [4.78, 5) is 3.91. The number of aliphatic imine (C=N–C) groups is 1. The molecular formula is C4H8N2O2S2. The molecule has 4 nitrogen and oxygen atoms in total. The predicted octanol–water partition coefficient (Wildman–Crippen LogP) is -0.362. The standard InChI is InChI=1S/C4H8N2O2S2/c1-10(7,8)6-4-5-2-3-9-4/h2-3H2,1H3,(H,5,6). The van der Waals surface area contributed by atoms with Crippen molar-refractivity contribution in [1.82, 2.24) is 4.72 Å². The molecule has 58 valence electrons. The molecule has 0 amide bonds. The van der Waals surface area contributed by atoms with Crippen molar-refractivity contribution in [2.24, 2.45) is 4.99 Å². The number of hydrogen-bond donors (Lipinski definition) is 1. The molecule has 0 fully saturated rings. The van der Waals surface area contributed by atoms with Crippen LogP contribution >= 0.6 is 11.8 Å².